The fourth-order valence-corrected chi connectivity index (χ4v) is 3.40. The van der Waals surface area contributed by atoms with E-state index in [4.69, 9.17) is 0 Å². The van der Waals surface area contributed by atoms with Gasteiger partial charge in [-0.15, -0.1) is 0 Å². The third kappa shape index (κ3) is 2.47. The van der Waals surface area contributed by atoms with Crippen molar-refractivity contribution in [2.75, 3.05) is 13.1 Å². The van der Waals surface area contributed by atoms with Gasteiger partial charge in [-0.05, 0) is 61.9 Å². The SMILES string of the molecule is CC1CCCN(C(=O)c2ccc3c(c2)CNCC3)C1C. The highest BCUT2D eigenvalue weighted by Crippen LogP contribution is 2.25. The van der Waals surface area contributed by atoms with Crippen LogP contribution in [0.4, 0.5) is 0 Å². The van der Waals surface area contributed by atoms with Crippen LogP contribution in [0.25, 0.3) is 0 Å². The number of carbonyl (C=O) groups excluding carboxylic acids is 1. The number of rotatable bonds is 1. The lowest BCUT2D eigenvalue weighted by Crippen LogP contribution is -2.46. The number of nitrogens with one attached hydrogen (secondary N) is 1. The summed E-state index contributed by atoms with van der Waals surface area (Å²) < 4.78 is 0. The molecule has 0 saturated carbocycles. The molecule has 20 heavy (non-hydrogen) atoms. The fourth-order valence-electron chi connectivity index (χ4n) is 3.40. The highest BCUT2D eigenvalue weighted by Gasteiger charge is 2.29. The van der Waals surface area contributed by atoms with E-state index in [1.54, 1.807) is 0 Å². The molecule has 3 rings (SSSR count). The molecule has 1 fully saturated rings. The molecule has 1 aromatic rings. The van der Waals surface area contributed by atoms with Gasteiger partial charge in [0.15, 0.2) is 0 Å². The largest absolute Gasteiger partial charge is 0.336 e. The van der Waals surface area contributed by atoms with E-state index in [-0.39, 0.29) is 5.91 Å². The maximum atomic E-state index is 12.7. The minimum absolute atomic E-state index is 0.206. The molecule has 2 heterocycles. The van der Waals surface area contributed by atoms with Crippen LogP contribution >= 0.6 is 0 Å². The van der Waals surface area contributed by atoms with Gasteiger partial charge < -0.3 is 10.2 Å². The van der Waals surface area contributed by atoms with Gasteiger partial charge in [0.05, 0.1) is 0 Å². The number of likely N-dealkylation sites (tertiary alicyclic amines) is 1. The van der Waals surface area contributed by atoms with Gasteiger partial charge >= 0.3 is 0 Å². The molecule has 1 saturated heterocycles. The maximum absolute atomic E-state index is 12.7. The molecule has 2 atom stereocenters. The van der Waals surface area contributed by atoms with Crippen LogP contribution in [-0.2, 0) is 13.0 Å². The van der Waals surface area contributed by atoms with E-state index in [0.29, 0.717) is 12.0 Å². The summed E-state index contributed by atoms with van der Waals surface area (Å²) in [4.78, 5) is 14.8. The lowest BCUT2D eigenvalue weighted by molar-refractivity contribution is 0.0551. The summed E-state index contributed by atoms with van der Waals surface area (Å²) in [6.07, 6.45) is 3.43. The standard InChI is InChI=1S/C17H24N2O/c1-12-4-3-9-19(13(12)2)17(20)15-6-5-14-7-8-18-11-16(14)10-15/h5-6,10,12-13,18H,3-4,7-9,11H2,1-2H3. The number of amides is 1. The van der Waals surface area contributed by atoms with Crippen molar-refractivity contribution in [3.05, 3.63) is 34.9 Å². The zero-order chi connectivity index (χ0) is 14.1. The average Bonchev–Trinajstić information content (AvgIpc) is 2.49. The van der Waals surface area contributed by atoms with Gasteiger partial charge in [0.25, 0.3) is 5.91 Å². The summed E-state index contributed by atoms with van der Waals surface area (Å²) in [5, 5.41) is 3.38. The first-order valence-electron chi connectivity index (χ1n) is 7.80. The molecule has 2 unspecified atom stereocenters. The van der Waals surface area contributed by atoms with Crippen LogP contribution in [0.5, 0.6) is 0 Å². The first kappa shape index (κ1) is 13.6. The van der Waals surface area contributed by atoms with Gasteiger partial charge in [0, 0.05) is 24.7 Å². The molecule has 2 aliphatic heterocycles. The van der Waals surface area contributed by atoms with Crippen LogP contribution in [0.15, 0.2) is 18.2 Å². The quantitative estimate of drug-likeness (QED) is 0.852. The molecule has 2 aliphatic rings. The van der Waals surface area contributed by atoms with Gasteiger partial charge in [-0.1, -0.05) is 13.0 Å². The number of nitrogens with zero attached hydrogens (tertiary/aromatic N) is 1. The lowest BCUT2D eigenvalue weighted by atomic mass is 9.91. The zero-order valence-electron chi connectivity index (χ0n) is 12.5. The summed E-state index contributed by atoms with van der Waals surface area (Å²) in [6.45, 7) is 7.27. The molecule has 3 nitrogen and oxygen atoms in total. The van der Waals surface area contributed by atoms with E-state index in [1.807, 2.05) is 6.07 Å². The highest BCUT2D eigenvalue weighted by molar-refractivity contribution is 5.94. The van der Waals surface area contributed by atoms with E-state index in [2.05, 4.69) is 36.2 Å². The van der Waals surface area contributed by atoms with Gasteiger partial charge in [-0.2, -0.15) is 0 Å². The van der Waals surface area contributed by atoms with E-state index in [1.165, 1.54) is 17.5 Å². The summed E-state index contributed by atoms with van der Waals surface area (Å²) in [5.74, 6) is 0.810. The number of carbonyl (C=O) groups is 1. The molecule has 1 amide bonds. The molecule has 0 radical (unpaired) electrons. The Bertz CT molecular complexity index is 512. The minimum Gasteiger partial charge on any atom is -0.336 e. The second kappa shape index (κ2) is 5.57. The van der Waals surface area contributed by atoms with E-state index in [9.17, 15) is 4.79 Å². The van der Waals surface area contributed by atoms with Crippen LogP contribution in [0, 0.1) is 5.92 Å². The number of piperidine rings is 1. The third-order valence-electron chi connectivity index (χ3n) is 4.97. The Morgan fingerprint density at radius 2 is 2.15 bits per heavy atom. The molecule has 0 aliphatic carbocycles. The van der Waals surface area contributed by atoms with E-state index >= 15 is 0 Å². The fraction of sp³-hybridized carbons (Fsp3) is 0.588. The first-order valence-corrected chi connectivity index (χ1v) is 7.80. The molecule has 108 valence electrons. The minimum atomic E-state index is 0.206. The smallest absolute Gasteiger partial charge is 0.254 e. The third-order valence-corrected chi connectivity index (χ3v) is 4.97. The second-order valence-electron chi connectivity index (χ2n) is 6.27. The molecule has 0 aromatic heterocycles. The predicted molar refractivity (Wildman–Crippen MR) is 80.7 cm³/mol. The topological polar surface area (TPSA) is 32.3 Å². The summed E-state index contributed by atoms with van der Waals surface area (Å²) in [6, 6.07) is 6.60. The molecular weight excluding hydrogens is 248 g/mol. The molecule has 3 heteroatoms. The summed E-state index contributed by atoms with van der Waals surface area (Å²) in [5.41, 5.74) is 3.54. The molecule has 0 bridgehead atoms. The van der Waals surface area contributed by atoms with E-state index < -0.39 is 0 Å². The van der Waals surface area contributed by atoms with Crippen molar-refractivity contribution in [2.24, 2.45) is 5.92 Å². The summed E-state index contributed by atoms with van der Waals surface area (Å²) >= 11 is 0. The Kier molecular flexibility index (Phi) is 3.79. The van der Waals surface area contributed by atoms with Gasteiger partial charge in [-0.3, -0.25) is 4.79 Å². The van der Waals surface area contributed by atoms with Crippen LogP contribution in [0.2, 0.25) is 0 Å². The Balaban J connectivity index is 1.83. The Morgan fingerprint density at radius 1 is 1.30 bits per heavy atom. The second-order valence-corrected chi connectivity index (χ2v) is 6.27. The molecule has 1 N–H and O–H groups in total. The van der Waals surface area contributed by atoms with Crippen molar-refractivity contribution < 1.29 is 4.79 Å². The number of hydrogen-bond donors (Lipinski definition) is 1. The molecule has 1 aromatic carbocycles. The first-order chi connectivity index (χ1) is 9.66. The lowest BCUT2D eigenvalue weighted by Gasteiger charge is -2.38. The van der Waals surface area contributed by atoms with Crippen molar-refractivity contribution in [3.8, 4) is 0 Å². The number of fused-ring (bicyclic) bond motifs is 1. The van der Waals surface area contributed by atoms with Crippen LogP contribution < -0.4 is 5.32 Å². The van der Waals surface area contributed by atoms with Gasteiger partial charge in [-0.25, -0.2) is 0 Å². The summed E-state index contributed by atoms with van der Waals surface area (Å²) in [7, 11) is 0. The van der Waals surface area contributed by atoms with Crippen molar-refractivity contribution in [1.29, 1.82) is 0 Å². The maximum Gasteiger partial charge on any atom is 0.254 e. The van der Waals surface area contributed by atoms with Crippen LogP contribution in [0.3, 0.4) is 0 Å². The zero-order valence-corrected chi connectivity index (χ0v) is 12.5. The van der Waals surface area contributed by atoms with Crippen molar-refractivity contribution in [3.63, 3.8) is 0 Å². The monoisotopic (exact) mass is 272 g/mol. The number of hydrogen-bond acceptors (Lipinski definition) is 2. The molecule has 0 spiro atoms. The number of benzene rings is 1. The van der Waals surface area contributed by atoms with Crippen LogP contribution in [-0.4, -0.2) is 29.9 Å². The van der Waals surface area contributed by atoms with Crippen molar-refractivity contribution in [2.45, 2.75) is 45.7 Å². The Hall–Kier alpha value is -1.35. The van der Waals surface area contributed by atoms with Crippen molar-refractivity contribution in [1.82, 2.24) is 10.2 Å². The highest BCUT2D eigenvalue weighted by atomic mass is 16.2. The van der Waals surface area contributed by atoms with Gasteiger partial charge in [0.2, 0.25) is 0 Å². The molecular formula is C17H24N2O. The Labute approximate surface area is 121 Å². The van der Waals surface area contributed by atoms with Crippen molar-refractivity contribution >= 4 is 5.91 Å². The van der Waals surface area contributed by atoms with Crippen LogP contribution in [0.1, 0.15) is 48.2 Å². The average molecular weight is 272 g/mol. The Morgan fingerprint density at radius 3 is 3.00 bits per heavy atom. The van der Waals surface area contributed by atoms with E-state index in [0.717, 1.165) is 38.0 Å². The van der Waals surface area contributed by atoms with Gasteiger partial charge in [0.1, 0.15) is 0 Å². The predicted octanol–water partition coefficient (Wildman–Crippen LogP) is 2.59. The normalized spacial score (nSPS) is 26.2.